The second-order valence-corrected chi connectivity index (χ2v) is 5.84. The van der Waals surface area contributed by atoms with Gasteiger partial charge in [0.25, 0.3) is 0 Å². The van der Waals surface area contributed by atoms with Crippen LogP contribution in [0.2, 0.25) is 5.02 Å². The summed E-state index contributed by atoms with van der Waals surface area (Å²) in [5, 5.41) is 7.35. The predicted molar refractivity (Wildman–Crippen MR) is 92.2 cm³/mol. The Labute approximate surface area is 138 Å². The zero-order valence-corrected chi connectivity index (χ0v) is 14.2. The summed E-state index contributed by atoms with van der Waals surface area (Å²) in [5.74, 6) is 1.62. The van der Waals surface area contributed by atoms with Crippen molar-refractivity contribution in [3.8, 4) is 0 Å². The molecule has 2 rings (SSSR count). The van der Waals surface area contributed by atoms with Crippen molar-refractivity contribution in [3.63, 3.8) is 0 Å². The Morgan fingerprint density at radius 2 is 1.67 bits per heavy atom. The summed E-state index contributed by atoms with van der Waals surface area (Å²) in [6.45, 7) is 3.80. The molecule has 0 saturated heterocycles. The largest absolute Gasteiger partial charge is 0.369 e. The van der Waals surface area contributed by atoms with E-state index in [0.29, 0.717) is 0 Å². The van der Waals surface area contributed by atoms with Gasteiger partial charge in [-0.15, -0.1) is 0 Å². The van der Waals surface area contributed by atoms with Crippen molar-refractivity contribution in [1.29, 1.82) is 0 Å². The van der Waals surface area contributed by atoms with Crippen molar-refractivity contribution in [2.24, 2.45) is 0 Å². The molecule has 0 spiro atoms. The molecule has 0 unspecified atom stereocenters. The summed E-state index contributed by atoms with van der Waals surface area (Å²) in [7, 11) is 0. The van der Waals surface area contributed by atoms with E-state index in [1.54, 1.807) is 6.33 Å². The van der Waals surface area contributed by atoms with Gasteiger partial charge in [0, 0.05) is 18.1 Å². The fraction of sp³-hybridized carbons (Fsp3) is 0.333. The van der Waals surface area contributed by atoms with Gasteiger partial charge in [-0.2, -0.15) is 0 Å². The molecule has 112 valence electrons. The van der Waals surface area contributed by atoms with Crippen LogP contribution in [0.25, 0.3) is 0 Å². The van der Waals surface area contributed by atoms with Crippen LogP contribution >= 0.6 is 27.5 Å². The minimum atomic E-state index is 0.761. The first kappa shape index (κ1) is 16.0. The Morgan fingerprint density at radius 3 is 2.29 bits per heavy atom. The van der Waals surface area contributed by atoms with Crippen LogP contribution in [0, 0.1) is 0 Å². The van der Waals surface area contributed by atoms with Crippen LogP contribution in [0.5, 0.6) is 0 Å². The highest BCUT2D eigenvalue weighted by molar-refractivity contribution is 9.10. The van der Waals surface area contributed by atoms with Crippen molar-refractivity contribution in [3.05, 3.63) is 45.7 Å². The molecule has 0 radical (unpaired) electrons. The lowest BCUT2D eigenvalue weighted by atomic mass is 10.1. The smallest absolute Gasteiger partial charge is 0.145 e. The van der Waals surface area contributed by atoms with Crippen LogP contribution < -0.4 is 10.6 Å². The Hall–Kier alpha value is -1.33. The molecular formula is C15H18BrClN4. The fourth-order valence-corrected chi connectivity index (χ4v) is 2.45. The van der Waals surface area contributed by atoms with Crippen molar-refractivity contribution in [1.82, 2.24) is 9.97 Å². The Balaban J connectivity index is 1.92. The number of anilines is 2. The van der Waals surface area contributed by atoms with Crippen LogP contribution in [0.4, 0.5) is 11.6 Å². The average Bonchev–Trinajstić information content (AvgIpc) is 2.50. The van der Waals surface area contributed by atoms with E-state index in [4.69, 9.17) is 11.6 Å². The summed E-state index contributed by atoms with van der Waals surface area (Å²) >= 11 is 9.42. The van der Waals surface area contributed by atoms with Gasteiger partial charge >= 0.3 is 0 Å². The highest BCUT2D eigenvalue weighted by Crippen LogP contribution is 2.26. The minimum absolute atomic E-state index is 0.761. The van der Waals surface area contributed by atoms with Gasteiger partial charge in [0.2, 0.25) is 0 Å². The van der Waals surface area contributed by atoms with Crippen molar-refractivity contribution < 1.29 is 0 Å². The van der Waals surface area contributed by atoms with Crippen LogP contribution in [-0.2, 0) is 6.42 Å². The van der Waals surface area contributed by atoms with Crippen molar-refractivity contribution >= 4 is 39.2 Å². The minimum Gasteiger partial charge on any atom is -0.369 e. The number of hydrogen-bond donors (Lipinski definition) is 2. The van der Waals surface area contributed by atoms with Crippen LogP contribution in [-0.4, -0.2) is 23.1 Å². The Kier molecular flexibility index (Phi) is 6.26. The summed E-state index contributed by atoms with van der Waals surface area (Å²) in [6.07, 6.45) is 3.52. The Morgan fingerprint density at radius 1 is 1.05 bits per heavy atom. The molecule has 1 heterocycles. The highest BCUT2D eigenvalue weighted by atomic mass is 79.9. The number of hydrogen-bond acceptors (Lipinski definition) is 4. The molecular weight excluding hydrogens is 352 g/mol. The van der Waals surface area contributed by atoms with E-state index in [2.05, 4.69) is 43.5 Å². The van der Waals surface area contributed by atoms with E-state index in [9.17, 15) is 0 Å². The summed E-state index contributed by atoms with van der Waals surface area (Å²) in [4.78, 5) is 8.49. The zero-order chi connectivity index (χ0) is 15.1. The first-order chi connectivity index (χ1) is 10.2. The van der Waals surface area contributed by atoms with E-state index in [1.165, 1.54) is 5.56 Å². The van der Waals surface area contributed by atoms with Crippen molar-refractivity contribution in [2.75, 3.05) is 23.7 Å². The molecule has 6 heteroatoms. The van der Waals surface area contributed by atoms with Crippen LogP contribution in [0.1, 0.15) is 18.9 Å². The number of nitrogens with zero attached hydrogens (tertiary/aromatic N) is 2. The van der Waals surface area contributed by atoms with Crippen LogP contribution in [0.3, 0.4) is 0 Å². The lowest BCUT2D eigenvalue weighted by Crippen LogP contribution is -2.09. The zero-order valence-electron chi connectivity index (χ0n) is 11.9. The predicted octanol–water partition coefficient (Wildman–Crippen LogP) is 4.37. The molecule has 1 aromatic carbocycles. The molecule has 0 aliphatic heterocycles. The molecule has 0 aliphatic rings. The molecule has 0 saturated carbocycles. The highest BCUT2D eigenvalue weighted by Gasteiger charge is 2.07. The quantitative estimate of drug-likeness (QED) is 0.761. The van der Waals surface area contributed by atoms with Gasteiger partial charge < -0.3 is 10.6 Å². The molecule has 0 fully saturated rings. The third-order valence-corrected chi connectivity index (χ3v) is 3.95. The van der Waals surface area contributed by atoms with E-state index in [1.807, 2.05) is 24.3 Å². The summed E-state index contributed by atoms with van der Waals surface area (Å²) in [6, 6.07) is 7.88. The monoisotopic (exact) mass is 368 g/mol. The molecule has 2 aromatic rings. The van der Waals surface area contributed by atoms with Gasteiger partial charge in [-0.05, 0) is 46.5 Å². The number of nitrogens with one attached hydrogen (secondary N) is 2. The maximum atomic E-state index is 5.88. The van der Waals surface area contributed by atoms with E-state index < -0.39 is 0 Å². The number of rotatable bonds is 7. The van der Waals surface area contributed by atoms with Gasteiger partial charge in [0.1, 0.15) is 22.4 Å². The summed E-state index contributed by atoms with van der Waals surface area (Å²) in [5.41, 5.74) is 1.24. The number of aromatic nitrogens is 2. The molecule has 2 N–H and O–H groups in total. The third-order valence-electron chi connectivity index (χ3n) is 2.95. The first-order valence-corrected chi connectivity index (χ1v) is 8.10. The van der Waals surface area contributed by atoms with E-state index in [-0.39, 0.29) is 0 Å². The number of benzene rings is 1. The molecule has 21 heavy (non-hydrogen) atoms. The molecule has 0 aliphatic carbocycles. The second kappa shape index (κ2) is 8.20. The molecule has 0 bridgehead atoms. The maximum Gasteiger partial charge on any atom is 0.145 e. The van der Waals surface area contributed by atoms with E-state index >= 15 is 0 Å². The lowest BCUT2D eigenvalue weighted by molar-refractivity contribution is 0.956. The van der Waals surface area contributed by atoms with Gasteiger partial charge in [0.05, 0.1) is 0 Å². The topological polar surface area (TPSA) is 49.8 Å². The van der Waals surface area contributed by atoms with Gasteiger partial charge in [0.15, 0.2) is 0 Å². The van der Waals surface area contributed by atoms with E-state index in [0.717, 1.165) is 47.1 Å². The van der Waals surface area contributed by atoms with Gasteiger partial charge in [-0.25, -0.2) is 9.97 Å². The molecule has 4 nitrogen and oxygen atoms in total. The Bertz CT molecular complexity index is 574. The van der Waals surface area contributed by atoms with Crippen molar-refractivity contribution in [2.45, 2.75) is 19.8 Å². The first-order valence-electron chi connectivity index (χ1n) is 6.93. The molecule has 0 atom stereocenters. The fourth-order valence-electron chi connectivity index (χ4n) is 1.84. The third kappa shape index (κ3) is 4.86. The van der Waals surface area contributed by atoms with Gasteiger partial charge in [-0.1, -0.05) is 30.7 Å². The number of halogens is 2. The summed E-state index contributed by atoms with van der Waals surface area (Å²) < 4.78 is 0.870. The standard InChI is InChI=1S/C15H18BrClN4/c1-2-8-18-14-13(16)15(21-10-20-14)19-9-7-11-3-5-12(17)6-4-11/h3-6,10H,2,7-9H2,1H3,(H2,18,19,20,21). The maximum absolute atomic E-state index is 5.88. The molecule has 0 amide bonds. The lowest BCUT2D eigenvalue weighted by Gasteiger charge is -2.11. The average molecular weight is 370 g/mol. The SMILES string of the molecule is CCCNc1ncnc(NCCc2ccc(Cl)cc2)c1Br. The molecule has 1 aromatic heterocycles. The second-order valence-electron chi connectivity index (χ2n) is 4.61. The normalized spacial score (nSPS) is 10.4. The van der Waals surface area contributed by atoms with Crippen LogP contribution in [0.15, 0.2) is 35.1 Å². The van der Waals surface area contributed by atoms with Gasteiger partial charge in [-0.3, -0.25) is 0 Å².